The van der Waals surface area contributed by atoms with Gasteiger partial charge in [-0.3, -0.25) is 14.3 Å². The molecule has 0 amide bonds. The quantitative estimate of drug-likeness (QED) is 0.566. The van der Waals surface area contributed by atoms with E-state index in [2.05, 4.69) is 9.97 Å². The van der Waals surface area contributed by atoms with E-state index >= 15 is 0 Å². The smallest absolute Gasteiger partial charge is 0.316 e. The van der Waals surface area contributed by atoms with Gasteiger partial charge in [0.2, 0.25) is 0 Å². The van der Waals surface area contributed by atoms with Gasteiger partial charge in [0, 0.05) is 5.69 Å². The number of anilines is 1. The number of rotatable bonds is 3. The largest absolute Gasteiger partial charge is 0.417 e. The predicted molar refractivity (Wildman–Crippen MR) is 92.5 cm³/mol. The van der Waals surface area contributed by atoms with Crippen LogP contribution in [0.25, 0.3) is 11.0 Å². The SMILES string of the molecule is O=c1[nH]c2ccc(S(=O)(=O)Nc3ccc(Cl)c(C(F)(F)F)c3)cc2[nH]c1=O. The molecule has 0 spiro atoms. The van der Waals surface area contributed by atoms with E-state index in [0.717, 1.165) is 24.3 Å². The van der Waals surface area contributed by atoms with Crippen molar-refractivity contribution in [2.45, 2.75) is 11.1 Å². The highest BCUT2D eigenvalue weighted by atomic mass is 35.5. The van der Waals surface area contributed by atoms with Crippen LogP contribution in [0.15, 0.2) is 50.9 Å². The third-order valence-corrected chi connectivity index (χ3v) is 5.24. The van der Waals surface area contributed by atoms with Gasteiger partial charge in [-0.05, 0) is 36.4 Å². The van der Waals surface area contributed by atoms with Crippen LogP contribution in [0.1, 0.15) is 5.56 Å². The number of benzene rings is 2. The highest BCUT2D eigenvalue weighted by Crippen LogP contribution is 2.36. The first kappa shape index (κ1) is 19.0. The number of aromatic amines is 2. The van der Waals surface area contributed by atoms with Crippen molar-refractivity contribution in [2.24, 2.45) is 0 Å². The number of nitrogens with one attached hydrogen (secondary N) is 3. The van der Waals surface area contributed by atoms with Crippen LogP contribution in [0.5, 0.6) is 0 Å². The van der Waals surface area contributed by atoms with Crippen molar-refractivity contribution >= 4 is 38.3 Å². The summed E-state index contributed by atoms with van der Waals surface area (Å²) < 4.78 is 65.6. The molecule has 12 heteroatoms. The fourth-order valence-electron chi connectivity index (χ4n) is 2.28. The lowest BCUT2D eigenvalue weighted by molar-refractivity contribution is -0.137. The van der Waals surface area contributed by atoms with Gasteiger partial charge >= 0.3 is 17.3 Å². The molecular weight excluding hydrogens is 411 g/mol. The number of halogens is 4. The Morgan fingerprint density at radius 1 is 0.926 bits per heavy atom. The molecule has 0 saturated heterocycles. The molecule has 0 aliphatic rings. The molecule has 0 unspecified atom stereocenters. The Labute approximate surface area is 153 Å². The maximum absolute atomic E-state index is 12.9. The van der Waals surface area contributed by atoms with E-state index in [-0.39, 0.29) is 21.6 Å². The van der Waals surface area contributed by atoms with Crippen LogP contribution in [0, 0.1) is 0 Å². The van der Waals surface area contributed by atoms with Crippen LogP contribution < -0.4 is 15.8 Å². The first-order chi connectivity index (χ1) is 12.5. The van der Waals surface area contributed by atoms with Crippen molar-refractivity contribution < 1.29 is 21.6 Å². The van der Waals surface area contributed by atoms with Crippen LogP contribution in [0.2, 0.25) is 5.02 Å². The number of hydrogen-bond acceptors (Lipinski definition) is 4. The third kappa shape index (κ3) is 3.83. The average Bonchev–Trinajstić information content (AvgIpc) is 2.56. The average molecular weight is 420 g/mol. The molecule has 0 atom stereocenters. The summed E-state index contributed by atoms with van der Waals surface area (Å²) in [6.07, 6.45) is -4.76. The summed E-state index contributed by atoms with van der Waals surface area (Å²) in [5.74, 6) is 0. The molecule has 0 radical (unpaired) electrons. The highest BCUT2D eigenvalue weighted by Gasteiger charge is 2.33. The summed E-state index contributed by atoms with van der Waals surface area (Å²) >= 11 is 5.50. The van der Waals surface area contributed by atoms with Crippen LogP contribution in [-0.2, 0) is 16.2 Å². The zero-order valence-electron chi connectivity index (χ0n) is 13.0. The Bertz CT molecular complexity index is 1270. The second-order valence-corrected chi connectivity index (χ2v) is 7.50. The Morgan fingerprint density at radius 2 is 1.56 bits per heavy atom. The monoisotopic (exact) mass is 419 g/mol. The molecule has 27 heavy (non-hydrogen) atoms. The number of aromatic nitrogens is 2. The lowest BCUT2D eigenvalue weighted by Crippen LogP contribution is -2.29. The zero-order valence-corrected chi connectivity index (χ0v) is 14.6. The Balaban J connectivity index is 2.03. The maximum Gasteiger partial charge on any atom is 0.417 e. The standard InChI is InChI=1S/C15H9ClF3N3O4S/c16-10-3-1-7(5-9(10)15(17,18)19)22-27(25,26)8-2-4-11-12(6-8)21-14(24)13(23)20-11/h1-6,22H,(H,20,23)(H,21,24). The van der Waals surface area contributed by atoms with Crippen molar-refractivity contribution in [3.8, 4) is 0 Å². The van der Waals surface area contributed by atoms with Gasteiger partial charge in [-0.1, -0.05) is 11.6 Å². The molecule has 3 rings (SSSR count). The van der Waals surface area contributed by atoms with Crippen molar-refractivity contribution in [3.05, 3.63) is 67.7 Å². The van der Waals surface area contributed by atoms with Gasteiger partial charge in [0.05, 0.1) is 26.5 Å². The zero-order chi connectivity index (χ0) is 20.0. The van der Waals surface area contributed by atoms with Gasteiger partial charge in [-0.15, -0.1) is 0 Å². The molecule has 3 N–H and O–H groups in total. The fraction of sp³-hybridized carbons (Fsp3) is 0.0667. The minimum atomic E-state index is -4.76. The van der Waals surface area contributed by atoms with Gasteiger partial charge in [-0.2, -0.15) is 13.2 Å². The van der Waals surface area contributed by atoms with Crippen molar-refractivity contribution in [2.75, 3.05) is 4.72 Å². The van der Waals surface area contributed by atoms with Crippen molar-refractivity contribution in [1.29, 1.82) is 0 Å². The van der Waals surface area contributed by atoms with Crippen LogP contribution in [0.4, 0.5) is 18.9 Å². The van der Waals surface area contributed by atoms with Gasteiger partial charge in [-0.25, -0.2) is 8.42 Å². The third-order valence-electron chi connectivity index (χ3n) is 3.53. The summed E-state index contributed by atoms with van der Waals surface area (Å²) in [5, 5.41) is -0.572. The second kappa shape index (κ2) is 6.43. The number of hydrogen-bond donors (Lipinski definition) is 3. The highest BCUT2D eigenvalue weighted by molar-refractivity contribution is 7.92. The lowest BCUT2D eigenvalue weighted by atomic mass is 10.2. The second-order valence-electron chi connectivity index (χ2n) is 5.41. The normalized spacial score (nSPS) is 12.3. The van der Waals surface area contributed by atoms with Gasteiger partial charge in [0.25, 0.3) is 10.0 Å². The minimum absolute atomic E-state index is 0.0366. The fourth-order valence-corrected chi connectivity index (χ4v) is 3.58. The molecule has 0 bridgehead atoms. The first-order valence-corrected chi connectivity index (χ1v) is 8.99. The number of alkyl halides is 3. The number of fused-ring (bicyclic) bond motifs is 1. The molecule has 0 aliphatic heterocycles. The van der Waals surface area contributed by atoms with E-state index in [0.29, 0.717) is 6.07 Å². The van der Waals surface area contributed by atoms with Gasteiger partial charge in [0.15, 0.2) is 0 Å². The molecule has 7 nitrogen and oxygen atoms in total. The maximum atomic E-state index is 12.9. The molecule has 0 fully saturated rings. The summed E-state index contributed by atoms with van der Waals surface area (Å²) in [4.78, 5) is 26.8. The molecular formula is C15H9ClF3N3O4S. The van der Waals surface area contributed by atoms with Gasteiger partial charge < -0.3 is 9.97 Å². The van der Waals surface area contributed by atoms with Crippen LogP contribution in [0.3, 0.4) is 0 Å². The molecule has 0 saturated carbocycles. The van der Waals surface area contributed by atoms with E-state index in [9.17, 15) is 31.2 Å². The Hall–Kier alpha value is -2.79. The molecule has 1 aromatic heterocycles. The molecule has 1 heterocycles. The predicted octanol–water partition coefficient (Wildman–Crippen LogP) is 2.69. The molecule has 142 valence electrons. The van der Waals surface area contributed by atoms with Gasteiger partial charge in [0.1, 0.15) is 0 Å². The van der Waals surface area contributed by atoms with Crippen LogP contribution >= 0.6 is 11.6 Å². The first-order valence-electron chi connectivity index (χ1n) is 7.13. The summed E-state index contributed by atoms with van der Waals surface area (Å²) in [6, 6.07) is 6.00. The summed E-state index contributed by atoms with van der Waals surface area (Å²) in [5.41, 5.74) is -3.19. The minimum Gasteiger partial charge on any atom is -0.316 e. The number of H-pyrrole nitrogens is 2. The number of sulfonamides is 1. The van der Waals surface area contributed by atoms with E-state index in [4.69, 9.17) is 11.6 Å². The Morgan fingerprint density at radius 3 is 2.19 bits per heavy atom. The molecule has 0 aliphatic carbocycles. The molecule has 3 aromatic rings. The summed E-state index contributed by atoms with van der Waals surface area (Å²) in [6.45, 7) is 0. The van der Waals surface area contributed by atoms with E-state index in [1.807, 2.05) is 4.72 Å². The summed E-state index contributed by atoms with van der Waals surface area (Å²) in [7, 11) is -4.28. The van der Waals surface area contributed by atoms with E-state index < -0.39 is 37.9 Å². The topological polar surface area (TPSA) is 112 Å². The Kier molecular flexibility index (Phi) is 4.52. The van der Waals surface area contributed by atoms with E-state index in [1.54, 1.807) is 0 Å². The van der Waals surface area contributed by atoms with Crippen LogP contribution in [-0.4, -0.2) is 18.4 Å². The van der Waals surface area contributed by atoms with E-state index in [1.165, 1.54) is 6.07 Å². The van der Waals surface area contributed by atoms with Crippen molar-refractivity contribution in [3.63, 3.8) is 0 Å². The molecule has 2 aromatic carbocycles. The lowest BCUT2D eigenvalue weighted by Gasteiger charge is -2.13. The van der Waals surface area contributed by atoms with Crippen molar-refractivity contribution in [1.82, 2.24) is 9.97 Å².